The molecule has 0 atom stereocenters. The predicted molar refractivity (Wildman–Crippen MR) is 118 cm³/mol. The summed E-state index contributed by atoms with van der Waals surface area (Å²) in [5.41, 5.74) is 2.39. The fourth-order valence-corrected chi connectivity index (χ4v) is 5.46. The first kappa shape index (κ1) is 21.3. The van der Waals surface area contributed by atoms with Gasteiger partial charge in [-0.25, -0.2) is 8.42 Å². The van der Waals surface area contributed by atoms with Gasteiger partial charge in [0, 0.05) is 43.0 Å². The molecule has 0 N–H and O–H groups in total. The minimum Gasteiger partial charge on any atom is -0.339 e. The van der Waals surface area contributed by atoms with Crippen molar-refractivity contribution in [1.82, 2.24) is 13.8 Å². The number of piperazine rings is 1. The van der Waals surface area contributed by atoms with Crippen molar-refractivity contribution >= 4 is 32.6 Å². The molecule has 31 heavy (non-hydrogen) atoms. The Hall–Kier alpha value is -2.97. The Balaban J connectivity index is 1.44. The van der Waals surface area contributed by atoms with Crippen molar-refractivity contribution in [2.45, 2.75) is 25.3 Å². The number of carbonyl (C=O) groups excluding carboxylic acids is 2. The number of aromatic nitrogens is 1. The maximum absolute atomic E-state index is 13.0. The summed E-state index contributed by atoms with van der Waals surface area (Å²) >= 11 is 0. The van der Waals surface area contributed by atoms with Crippen LogP contribution in [0.1, 0.15) is 23.0 Å². The molecular weight excluding hydrogens is 414 g/mol. The average molecular weight is 440 g/mol. The Labute approximate surface area is 181 Å². The van der Waals surface area contributed by atoms with E-state index in [9.17, 15) is 18.0 Å². The summed E-state index contributed by atoms with van der Waals surface area (Å²) in [5.74, 6) is -0.208. The molecule has 162 valence electrons. The SMILES string of the molecule is CC(=O)c1cccc(S(=O)(=O)N2CCN(C(=O)Cn3c(C)cc4ccccc43)CC2)c1. The Morgan fingerprint density at radius 1 is 0.935 bits per heavy atom. The lowest BCUT2D eigenvalue weighted by atomic mass is 10.2. The molecule has 0 unspecified atom stereocenters. The zero-order chi connectivity index (χ0) is 22.2. The zero-order valence-electron chi connectivity index (χ0n) is 17.6. The van der Waals surface area contributed by atoms with E-state index in [1.54, 1.807) is 17.0 Å². The van der Waals surface area contributed by atoms with Crippen LogP contribution in [0.5, 0.6) is 0 Å². The molecule has 1 aliphatic rings. The van der Waals surface area contributed by atoms with Crippen LogP contribution in [0.15, 0.2) is 59.5 Å². The summed E-state index contributed by atoms with van der Waals surface area (Å²) in [6, 6.07) is 16.1. The van der Waals surface area contributed by atoms with Crippen molar-refractivity contribution in [2.24, 2.45) is 0 Å². The van der Waals surface area contributed by atoms with Gasteiger partial charge in [0.25, 0.3) is 0 Å². The Kier molecular flexibility index (Phi) is 5.68. The summed E-state index contributed by atoms with van der Waals surface area (Å²) in [6.45, 7) is 4.74. The molecule has 1 fully saturated rings. The standard InChI is InChI=1S/C23H25N3O4S/c1-17-14-20-6-3-4-9-22(20)26(17)16-23(28)24-10-12-25(13-11-24)31(29,30)21-8-5-7-19(15-21)18(2)27/h3-9,14-15H,10-13,16H2,1-2H3. The smallest absolute Gasteiger partial charge is 0.243 e. The summed E-state index contributed by atoms with van der Waals surface area (Å²) in [4.78, 5) is 26.3. The topological polar surface area (TPSA) is 79.7 Å². The molecule has 1 aliphatic heterocycles. The van der Waals surface area contributed by atoms with E-state index in [1.807, 2.05) is 35.8 Å². The molecular formula is C23H25N3O4S. The highest BCUT2D eigenvalue weighted by Gasteiger charge is 2.30. The van der Waals surface area contributed by atoms with Crippen molar-refractivity contribution in [3.05, 3.63) is 65.9 Å². The van der Waals surface area contributed by atoms with Crippen LogP contribution in [0, 0.1) is 6.92 Å². The van der Waals surface area contributed by atoms with Gasteiger partial charge in [0.2, 0.25) is 15.9 Å². The number of fused-ring (bicyclic) bond motifs is 1. The van der Waals surface area contributed by atoms with Gasteiger partial charge in [0.1, 0.15) is 6.54 Å². The van der Waals surface area contributed by atoms with E-state index in [0.29, 0.717) is 18.7 Å². The molecule has 3 aromatic rings. The molecule has 2 aromatic carbocycles. The van der Waals surface area contributed by atoms with Gasteiger partial charge < -0.3 is 9.47 Å². The van der Waals surface area contributed by atoms with Gasteiger partial charge in [-0.3, -0.25) is 9.59 Å². The number of aryl methyl sites for hydroxylation is 1. The Bertz CT molecular complexity index is 1250. The molecule has 7 nitrogen and oxygen atoms in total. The maximum atomic E-state index is 13.0. The number of carbonyl (C=O) groups is 2. The second-order valence-electron chi connectivity index (χ2n) is 7.80. The third-order valence-electron chi connectivity index (χ3n) is 5.78. The monoisotopic (exact) mass is 439 g/mol. The minimum absolute atomic E-state index is 0.0277. The van der Waals surface area contributed by atoms with Gasteiger partial charge in [-0.15, -0.1) is 0 Å². The molecule has 0 aliphatic carbocycles. The first-order valence-electron chi connectivity index (χ1n) is 10.2. The highest BCUT2D eigenvalue weighted by Crippen LogP contribution is 2.21. The number of Topliss-reactive ketones (excluding diaryl/α,β-unsaturated/α-hetero) is 1. The van der Waals surface area contributed by atoms with Gasteiger partial charge >= 0.3 is 0 Å². The molecule has 8 heteroatoms. The number of hydrogen-bond donors (Lipinski definition) is 0. The van der Waals surface area contributed by atoms with Gasteiger partial charge in [0.15, 0.2) is 5.78 Å². The Morgan fingerprint density at radius 3 is 2.35 bits per heavy atom. The molecule has 0 saturated carbocycles. The number of rotatable bonds is 5. The third-order valence-corrected chi connectivity index (χ3v) is 7.68. The molecule has 2 heterocycles. The summed E-state index contributed by atoms with van der Waals surface area (Å²) < 4.78 is 29.4. The molecule has 1 amide bonds. The molecule has 1 saturated heterocycles. The van der Waals surface area contributed by atoms with E-state index in [1.165, 1.54) is 23.4 Å². The van der Waals surface area contributed by atoms with Crippen LogP contribution in [0.25, 0.3) is 10.9 Å². The quantitative estimate of drug-likeness (QED) is 0.573. The van der Waals surface area contributed by atoms with E-state index in [0.717, 1.165) is 16.6 Å². The van der Waals surface area contributed by atoms with Crippen LogP contribution < -0.4 is 0 Å². The van der Waals surface area contributed by atoms with Gasteiger partial charge in [0.05, 0.1) is 4.90 Å². The Morgan fingerprint density at radius 2 is 1.65 bits per heavy atom. The first-order valence-corrected chi connectivity index (χ1v) is 11.6. The number of benzene rings is 2. The van der Waals surface area contributed by atoms with Gasteiger partial charge in [-0.2, -0.15) is 4.31 Å². The first-order chi connectivity index (χ1) is 14.8. The second kappa shape index (κ2) is 8.28. The van der Waals surface area contributed by atoms with E-state index in [-0.39, 0.29) is 36.2 Å². The van der Waals surface area contributed by atoms with Crippen molar-refractivity contribution in [1.29, 1.82) is 0 Å². The largest absolute Gasteiger partial charge is 0.339 e. The summed E-state index contributed by atoms with van der Waals surface area (Å²) in [5, 5.41) is 1.09. The third kappa shape index (κ3) is 4.13. The van der Waals surface area contributed by atoms with E-state index in [2.05, 4.69) is 6.07 Å². The summed E-state index contributed by atoms with van der Waals surface area (Å²) in [7, 11) is -3.71. The normalized spacial score (nSPS) is 15.4. The fourth-order valence-electron chi connectivity index (χ4n) is 4.00. The van der Waals surface area contributed by atoms with Crippen LogP contribution >= 0.6 is 0 Å². The second-order valence-corrected chi connectivity index (χ2v) is 9.74. The zero-order valence-corrected chi connectivity index (χ0v) is 18.4. The number of hydrogen-bond acceptors (Lipinski definition) is 4. The summed E-state index contributed by atoms with van der Waals surface area (Å²) in [6.07, 6.45) is 0. The van der Waals surface area contributed by atoms with E-state index >= 15 is 0 Å². The highest BCUT2D eigenvalue weighted by molar-refractivity contribution is 7.89. The lowest BCUT2D eigenvalue weighted by Gasteiger charge is -2.34. The molecule has 4 rings (SSSR count). The van der Waals surface area contributed by atoms with E-state index < -0.39 is 10.0 Å². The number of para-hydroxylation sites is 1. The van der Waals surface area contributed by atoms with Crippen LogP contribution in [0.2, 0.25) is 0 Å². The molecule has 1 aromatic heterocycles. The number of ketones is 1. The van der Waals surface area contributed by atoms with Crippen molar-refractivity contribution < 1.29 is 18.0 Å². The lowest BCUT2D eigenvalue weighted by Crippen LogP contribution is -2.51. The van der Waals surface area contributed by atoms with Crippen molar-refractivity contribution in [3.8, 4) is 0 Å². The fraction of sp³-hybridized carbons (Fsp3) is 0.304. The minimum atomic E-state index is -3.71. The number of amides is 1. The highest BCUT2D eigenvalue weighted by atomic mass is 32.2. The van der Waals surface area contributed by atoms with Crippen LogP contribution in [-0.4, -0.2) is 60.1 Å². The maximum Gasteiger partial charge on any atom is 0.243 e. The van der Waals surface area contributed by atoms with Crippen LogP contribution in [0.4, 0.5) is 0 Å². The average Bonchev–Trinajstić information content (AvgIpc) is 3.09. The van der Waals surface area contributed by atoms with Crippen LogP contribution in [-0.2, 0) is 21.4 Å². The van der Waals surface area contributed by atoms with E-state index in [4.69, 9.17) is 0 Å². The van der Waals surface area contributed by atoms with Crippen molar-refractivity contribution in [2.75, 3.05) is 26.2 Å². The predicted octanol–water partition coefficient (Wildman–Crippen LogP) is 2.69. The molecule has 0 spiro atoms. The van der Waals surface area contributed by atoms with Gasteiger partial charge in [-0.1, -0.05) is 30.3 Å². The number of sulfonamides is 1. The van der Waals surface area contributed by atoms with Crippen LogP contribution in [0.3, 0.4) is 0 Å². The van der Waals surface area contributed by atoms with Gasteiger partial charge in [-0.05, 0) is 43.5 Å². The number of nitrogens with zero attached hydrogens (tertiary/aromatic N) is 3. The lowest BCUT2D eigenvalue weighted by molar-refractivity contribution is -0.133. The van der Waals surface area contributed by atoms with Crippen molar-refractivity contribution in [3.63, 3.8) is 0 Å². The molecule has 0 bridgehead atoms. The molecule has 0 radical (unpaired) electrons.